The number of unbranched alkanes of at least 4 members (excludes halogenated alkanes) is 3. The molecule has 0 spiro atoms. The molecule has 0 aliphatic carbocycles. The number of benzene rings is 1. The molecular formula is C24H41O9PS. The highest BCUT2D eigenvalue weighted by Gasteiger charge is 2.32. The average molecular weight is 537 g/mol. The Hall–Kier alpha value is -1.90. The van der Waals surface area contributed by atoms with Crippen molar-refractivity contribution in [1.29, 1.82) is 0 Å². The molecule has 1 rings (SSSR count). The second-order valence-corrected chi connectivity index (χ2v) is 14.4. The molecule has 0 saturated heterocycles. The van der Waals surface area contributed by atoms with Gasteiger partial charge in [-0.3, -0.25) is 0 Å². The van der Waals surface area contributed by atoms with Crippen LogP contribution in [0.3, 0.4) is 0 Å². The van der Waals surface area contributed by atoms with Crippen LogP contribution < -0.4 is 9.47 Å². The topological polar surface area (TPSA) is 150 Å². The van der Waals surface area contributed by atoms with E-state index in [1.54, 1.807) is 18.5 Å². The Morgan fingerprint density at radius 2 is 1.17 bits per heavy atom. The van der Waals surface area contributed by atoms with Crippen molar-refractivity contribution < 1.29 is 42.2 Å². The predicted octanol–water partition coefficient (Wildman–Crippen LogP) is 4.94. The first-order chi connectivity index (χ1) is 16.4. The third-order valence-electron chi connectivity index (χ3n) is 5.50. The van der Waals surface area contributed by atoms with Crippen LogP contribution in [0.5, 0.6) is 11.5 Å². The van der Waals surface area contributed by atoms with Gasteiger partial charge in [0.25, 0.3) is 0 Å². The number of carbonyl (C=O) groups is 2. The minimum atomic E-state index is -4.83. The molecule has 0 aromatic heterocycles. The lowest BCUT2D eigenvalue weighted by Gasteiger charge is -2.26. The van der Waals surface area contributed by atoms with Gasteiger partial charge in [0.2, 0.25) is 0 Å². The summed E-state index contributed by atoms with van der Waals surface area (Å²) in [7, 11) is -5.36. The van der Waals surface area contributed by atoms with Crippen LogP contribution in [0.25, 0.3) is 0 Å². The zero-order chi connectivity index (χ0) is 26.9. The molecule has 0 bridgehead atoms. The fourth-order valence-electron chi connectivity index (χ4n) is 3.44. The summed E-state index contributed by atoms with van der Waals surface area (Å²) in [5, 5.41) is 16.9. The normalized spacial score (nSPS) is 11.3. The number of carboxylic acids is 2. The Labute approximate surface area is 210 Å². The minimum absolute atomic E-state index is 0.246. The molecule has 0 radical (unpaired) electrons. The lowest BCUT2D eigenvalue weighted by Crippen LogP contribution is -2.12. The van der Waals surface area contributed by atoms with Crippen molar-refractivity contribution in [2.24, 2.45) is 0 Å². The van der Waals surface area contributed by atoms with Crippen LogP contribution in [0.2, 0.25) is 0 Å². The molecule has 0 atom stereocenters. The molecule has 0 heterocycles. The number of carboxylic acid groups (broad SMARTS) is 2. The highest BCUT2D eigenvalue weighted by molar-refractivity contribution is 7.85. The van der Waals surface area contributed by atoms with Gasteiger partial charge in [0.15, 0.2) is 13.2 Å². The Morgan fingerprint density at radius 3 is 1.43 bits per heavy atom. The van der Waals surface area contributed by atoms with Crippen LogP contribution >= 0.6 is 7.26 Å². The Balaban J connectivity index is 0.000000691. The van der Waals surface area contributed by atoms with Crippen molar-refractivity contribution in [3.8, 4) is 11.5 Å². The lowest BCUT2D eigenvalue weighted by atomic mass is 10.3. The van der Waals surface area contributed by atoms with Crippen LogP contribution in [0, 0.1) is 0 Å². The molecule has 2 N–H and O–H groups in total. The van der Waals surface area contributed by atoms with Gasteiger partial charge in [-0.05, 0) is 38.3 Å². The molecule has 0 fully saturated rings. The van der Waals surface area contributed by atoms with Crippen molar-refractivity contribution in [1.82, 2.24) is 0 Å². The van der Waals surface area contributed by atoms with Gasteiger partial charge in [-0.2, -0.15) is 0 Å². The molecule has 1 aromatic rings. The van der Waals surface area contributed by atoms with E-state index in [4.69, 9.17) is 19.7 Å². The molecule has 1 aromatic carbocycles. The SMILES string of the molecule is CCCC[P+](CC)(CCCC)CCCC.O=C(O)COc1cc(OCC(=O)O)cc(S(=O)(=O)[O-])c1. The van der Waals surface area contributed by atoms with Gasteiger partial charge in [-0.25, -0.2) is 18.0 Å². The molecule has 0 aliphatic rings. The summed E-state index contributed by atoms with van der Waals surface area (Å²) in [4.78, 5) is 20.0. The van der Waals surface area contributed by atoms with Gasteiger partial charge >= 0.3 is 11.9 Å². The van der Waals surface area contributed by atoms with Crippen molar-refractivity contribution in [2.75, 3.05) is 37.9 Å². The average Bonchev–Trinajstić information content (AvgIpc) is 2.81. The zero-order valence-corrected chi connectivity index (χ0v) is 23.0. The third-order valence-corrected chi connectivity index (χ3v) is 11.4. The van der Waals surface area contributed by atoms with Crippen LogP contribution in [0.15, 0.2) is 23.1 Å². The van der Waals surface area contributed by atoms with Gasteiger partial charge < -0.3 is 24.2 Å². The van der Waals surface area contributed by atoms with Crippen molar-refractivity contribution in [2.45, 2.75) is 71.1 Å². The van der Waals surface area contributed by atoms with E-state index in [2.05, 4.69) is 27.7 Å². The molecule has 11 heteroatoms. The maximum atomic E-state index is 10.9. The molecule has 0 saturated carbocycles. The minimum Gasteiger partial charge on any atom is -0.744 e. The van der Waals surface area contributed by atoms with E-state index in [0.717, 1.165) is 18.2 Å². The largest absolute Gasteiger partial charge is 0.744 e. The summed E-state index contributed by atoms with van der Waals surface area (Å²) in [6.45, 7) is 7.94. The smallest absolute Gasteiger partial charge is 0.341 e. The molecule has 0 amide bonds. The molecular weight excluding hydrogens is 495 g/mol. The monoisotopic (exact) mass is 536 g/mol. The van der Waals surface area contributed by atoms with E-state index >= 15 is 0 Å². The number of hydrogen-bond donors (Lipinski definition) is 2. The summed E-state index contributed by atoms with van der Waals surface area (Å²) in [6.07, 6.45) is 14.9. The van der Waals surface area contributed by atoms with E-state index in [1.807, 2.05) is 0 Å². The van der Waals surface area contributed by atoms with Gasteiger partial charge in [-0.15, -0.1) is 0 Å². The van der Waals surface area contributed by atoms with Crippen molar-refractivity contribution in [3.63, 3.8) is 0 Å². The third kappa shape index (κ3) is 15.0. The molecule has 0 unspecified atom stereocenters. The van der Waals surface area contributed by atoms with Gasteiger partial charge in [-0.1, -0.05) is 40.0 Å². The van der Waals surface area contributed by atoms with E-state index in [9.17, 15) is 22.6 Å². The fraction of sp³-hybridized carbons (Fsp3) is 0.667. The van der Waals surface area contributed by atoms with Crippen LogP contribution in [-0.2, 0) is 19.7 Å². The van der Waals surface area contributed by atoms with Crippen LogP contribution in [0.1, 0.15) is 66.2 Å². The molecule has 35 heavy (non-hydrogen) atoms. The zero-order valence-electron chi connectivity index (χ0n) is 21.3. The van der Waals surface area contributed by atoms with E-state index in [0.29, 0.717) is 0 Å². The maximum absolute atomic E-state index is 10.9. The van der Waals surface area contributed by atoms with Gasteiger partial charge in [0.05, 0.1) is 29.5 Å². The predicted molar refractivity (Wildman–Crippen MR) is 137 cm³/mol. The maximum Gasteiger partial charge on any atom is 0.341 e. The lowest BCUT2D eigenvalue weighted by molar-refractivity contribution is -0.140. The first-order valence-corrected chi connectivity index (χ1v) is 16.0. The van der Waals surface area contributed by atoms with Gasteiger partial charge in [0, 0.05) is 13.3 Å². The molecule has 202 valence electrons. The van der Waals surface area contributed by atoms with Crippen molar-refractivity contribution in [3.05, 3.63) is 18.2 Å². The highest BCUT2D eigenvalue weighted by Crippen LogP contribution is 2.60. The summed E-state index contributed by atoms with van der Waals surface area (Å²) in [6, 6.07) is 2.71. The van der Waals surface area contributed by atoms with E-state index in [-0.39, 0.29) is 11.5 Å². The number of rotatable bonds is 17. The fourth-order valence-corrected chi connectivity index (χ4v) is 8.54. The Bertz CT molecular complexity index is 814. The van der Waals surface area contributed by atoms with E-state index in [1.165, 1.54) is 44.7 Å². The Morgan fingerprint density at radius 1 is 0.800 bits per heavy atom. The second-order valence-electron chi connectivity index (χ2n) is 8.35. The number of aliphatic carboxylic acids is 2. The van der Waals surface area contributed by atoms with Crippen LogP contribution in [-0.4, -0.2) is 73.0 Å². The quantitative estimate of drug-likeness (QED) is 0.208. The molecule has 0 aliphatic heterocycles. The second kappa shape index (κ2) is 17.5. The highest BCUT2D eigenvalue weighted by atomic mass is 32.2. The number of ether oxygens (including phenoxy) is 2. The Kier molecular flexibility index (Phi) is 16.6. The van der Waals surface area contributed by atoms with Gasteiger partial charge in [0.1, 0.15) is 21.6 Å². The van der Waals surface area contributed by atoms with E-state index < -0.39 is 47.4 Å². The standard InChI is InChI=1S/C14H32P.C10H10O9S/c1-5-9-12-15(8-4,13-10-6-2)14-11-7-3;11-9(12)4-18-6-1-7(19-5-10(13)14)3-8(2-6)20(15,16)17/h5-14H2,1-4H3;1-3H,4-5H2,(H,11,12)(H,13,14)(H,15,16,17)/q+1;/p-1. The first kappa shape index (κ1) is 33.1. The summed E-state index contributed by atoms with van der Waals surface area (Å²) < 4.78 is 42.2. The number of hydrogen-bond acceptors (Lipinski definition) is 7. The van der Waals surface area contributed by atoms with Crippen molar-refractivity contribution >= 4 is 29.3 Å². The first-order valence-electron chi connectivity index (χ1n) is 12.1. The summed E-state index contributed by atoms with van der Waals surface area (Å²) in [5.41, 5.74) is 0. The summed E-state index contributed by atoms with van der Waals surface area (Å²) >= 11 is 0. The molecule has 9 nitrogen and oxygen atoms in total. The van der Waals surface area contributed by atoms with Crippen LogP contribution in [0.4, 0.5) is 0 Å². The summed E-state index contributed by atoms with van der Waals surface area (Å²) in [5.74, 6) is -3.11.